The van der Waals surface area contributed by atoms with Crippen LogP contribution >= 0.6 is 0 Å². The highest BCUT2D eigenvalue weighted by Crippen LogP contribution is 2.36. The van der Waals surface area contributed by atoms with E-state index in [9.17, 15) is 0 Å². The van der Waals surface area contributed by atoms with Crippen LogP contribution in [-0.2, 0) is 17.9 Å². The quantitative estimate of drug-likeness (QED) is 0.868. The van der Waals surface area contributed by atoms with Crippen molar-refractivity contribution in [3.8, 4) is 0 Å². The Morgan fingerprint density at radius 3 is 2.52 bits per heavy atom. The zero-order valence-corrected chi connectivity index (χ0v) is 12.6. The van der Waals surface area contributed by atoms with Crippen molar-refractivity contribution >= 4 is 0 Å². The van der Waals surface area contributed by atoms with Gasteiger partial charge >= 0.3 is 0 Å². The lowest BCUT2D eigenvalue weighted by Gasteiger charge is -2.36. The Bertz CT molecular complexity index is 561. The Kier molecular flexibility index (Phi) is 4.69. The number of hydrogen-bond acceptors (Lipinski definition) is 2. The second-order valence-corrected chi connectivity index (χ2v) is 5.91. The number of nitrogens with one attached hydrogen (secondary N) is 1. The Balaban J connectivity index is 1.46. The predicted octanol–water partition coefficient (Wildman–Crippen LogP) is 3.87. The molecule has 0 aliphatic heterocycles. The highest BCUT2D eigenvalue weighted by molar-refractivity contribution is 5.24. The third kappa shape index (κ3) is 3.72. The molecule has 2 aromatic rings. The van der Waals surface area contributed by atoms with Gasteiger partial charge in [-0.3, -0.25) is 0 Å². The van der Waals surface area contributed by atoms with Crippen LogP contribution in [0.1, 0.15) is 35.4 Å². The van der Waals surface area contributed by atoms with Crippen molar-refractivity contribution in [1.82, 2.24) is 5.32 Å². The zero-order chi connectivity index (χ0) is 14.5. The fourth-order valence-electron chi connectivity index (χ4n) is 3.04. The number of ether oxygens (including phenoxy) is 1. The standard InChI is InChI=1S/C19H23NO/c1-21-14-16-7-5-6-15(10-16)13-20-19-11-18(12-19)17-8-3-2-4-9-17/h2-10,18-20H,11-14H2,1H3. The molecule has 0 atom stereocenters. The van der Waals surface area contributed by atoms with Crippen molar-refractivity contribution in [2.24, 2.45) is 0 Å². The summed E-state index contributed by atoms with van der Waals surface area (Å²) in [6, 6.07) is 20.1. The van der Waals surface area contributed by atoms with Crippen LogP contribution in [0.15, 0.2) is 54.6 Å². The van der Waals surface area contributed by atoms with Crippen molar-refractivity contribution in [2.75, 3.05) is 7.11 Å². The molecular weight excluding hydrogens is 258 g/mol. The monoisotopic (exact) mass is 281 g/mol. The lowest BCUT2D eigenvalue weighted by atomic mass is 9.76. The van der Waals surface area contributed by atoms with Gasteiger partial charge in [0, 0.05) is 19.7 Å². The van der Waals surface area contributed by atoms with E-state index in [4.69, 9.17) is 4.74 Å². The van der Waals surface area contributed by atoms with E-state index in [1.54, 1.807) is 7.11 Å². The summed E-state index contributed by atoms with van der Waals surface area (Å²) < 4.78 is 5.18. The van der Waals surface area contributed by atoms with Crippen LogP contribution in [0.5, 0.6) is 0 Å². The molecule has 1 aliphatic rings. The maximum absolute atomic E-state index is 5.18. The predicted molar refractivity (Wildman–Crippen MR) is 86.2 cm³/mol. The number of benzene rings is 2. The molecule has 1 aliphatic carbocycles. The van der Waals surface area contributed by atoms with E-state index in [0.717, 1.165) is 12.5 Å². The molecule has 0 heterocycles. The maximum atomic E-state index is 5.18. The average Bonchev–Trinajstić information content (AvgIpc) is 2.47. The molecule has 1 saturated carbocycles. The van der Waals surface area contributed by atoms with Crippen molar-refractivity contribution < 1.29 is 4.74 Å². The molecule has 1 fully saturated rings. The first-order chi connectivity index (χ1) is 10.3. The minimum absolute atomic E-state index is 0.654. The van der Waals surface area contributed by atoms with E-state index in [1.807, 2.05) is 0 Å². The van der Waals surface area contributed by atoms with Crippen LogP contribution in [0.3, 0.4) is 0 Å². The van der Waals surface area contributed by atoms with Crippen LogP contribution in [-0.4, -0.2) is 13.2 Å². The van der Waals surface area contributed by atoms with E-state index < -0.39 is 0 Å². The fourth-order valence-corrected chi connectivity index (χ4v) is 3.04. The molecule has 0 unspecified atom stereocenters. The Morgan fingerprint density at radius 1 is 1.00 bits per heavy atom. The Hall–Kier alpha value is -1.64. The van der Waals surface area contributed by atoms with Gasteiger partial charge in [0.2, 0.25) is 0 Å². The first-order valence-corrected chi connectivity index (χ1v) is 7.70. The summed E-state index contributed by atoms with van der Waals surface area (Å²) in [5.41, 5.74) is 4.07. The third-order valence-electron chi connectivity index (χ3n) is 4.31. The summed E-state index contributed by atoms with van der Waals surface area (Å²) in [5.74, 6) is 0.739. The highest BCUT2D eigenvalue weighted by Gasteiger charge is 2.29. The minimum Gasteiger partial charge on any atom is -0.380 e. The summed E-state index contributed by atoms with van der Waals surface area (Å²) in [7, 11) is 1.74. The molecule has 0 amide bonds. The third-order valence-corrected chi connectivity index (χ3v) is 4.31. The van der Waals surface area contributed by atoms with Gasteiger partial charge < -0.3 is 10.1 Å². The summed E-state index contributed by atoms with van der Waals surface area (Å²) in [4.78, 5) is 0. The smallest absolute Gasteiger partial charge is 0.0713 e. The molecule has 0 bridgehead atoms. The molecule has 21 heavy (non-hydrogen) atoms. The second kappa shape index (κ2) is 6.88. The van der Waals surface area contributed by atoms with Gasteiger partial charge in [0.05, 0.1) is 6.61 Å². The lowest BCUT2D eigenvalue weighted by molar-refractivity contribution is 0.185. The minimum atomic E-state index is 0.654. The molecule has 2 heteroatoms. The van der Waals surface area contributed by atoms with Gasteiger partial charge in [-0.2, -0.15) is 0 Å². The molecule has 2 aromatic carbocycles. The van der Waals surface area contributed by atoms with Crippen molar-refractivity contribution in [3.63, 3.8) is 0 Å². The Morgan fingerprint density at radius 2 is 1.76 bits per heavy atom. The van der Waals surface area contributed by atoms with E-state index in [-0.39, 0.29) is 0 Å². The molecule has 0 aromatic heterocycles. The molecule has 2 nitrogen and oxygen atoms in total. The van der Waals surface area contributed by atoms with Crippen LogP contribution in [0.4, 0.5) is 0 Å². The molecule has 3 rings (SSSR count). The summed E-state index contributed by atoms with van der Waals surface area (Å²) in [6.07, 6.45) is 2.50. The Labute approximate surface area is 127 Å². The molecule has 1 N–H and O–H groups in total. The summed E-state index contributed by atoms with van der Waals surface area (Å²) >= 11 is 0. The first kappa shape index (κ1) is 14.3. The number of rotatable bonds is 6. The van der Waals surface area contributed by atoms with Gasteiger partial charge in [0.25, 0.3) is 0 Å². The van der Waals surface area contributed by atoms with Gasteiger partial charge in [-0.25, -0.2) is 0 Å². The second-order valence-electron chi connectivity index (χ2n) is 5.91. The molecule has 0 spiro atoms. The normalized spacial score (nSPS) is 21.0. The van der Waals surface area contributed by atoms with Crippen molar-refractivity contribution in [1.29, 1.82) is 0 Å². The molecular formula is C19H23NO. The van der Waals surface area contributed by atoms with Gasteiger partial charge in [0.1, 0.15) is 0 Å². The number of methoxy groups -OCH3 is 1. The molecule has 110 valence electrons. The number of hydrogen-bond donors (Lipinski definition) is 1. The highest BCUT2D eigenvalue weighted by atomic mass is 16.5. The summed E-state index contributed by atoms with van der Waals surface area (Å²) in [6.45, 7) is 1.64. The largest absolute Gasteiger partial charge is 0.380 e. The maximum Gasteiger partial charge on any atom is 0.0713 e. The van der Waals surface area contributed by atoms with Gasteiger partial charge in [0.15, 0.2) is 0 Å². The van der Waals surface area contributed by atoms with Gasteiger partial charge in [-0.1, -0.05) is 54.6 Å². The van der Waals surface area contributed by atoms with Gasteiger partial charge in [-0.15, -0.1) is 0 Å². The van der Waals surface area contributed by atoms with Crippen LogP contribution in [0, 0.1) is 0 Å². The van der Waals surface area contributed by atoms with Crippen LogP contribution < -0.4 is 5.32 Å². The van der Waals surface area contributed by atoms with E-state index in [1.165, 1.54) is 29.5 Å². The van der Waals surface area contributed by atoms with E-state index in [2.05, 4.69) is 59.9 Å². The SMILES string of the molecule is COCc1cccc(CNC2CC(c3ccccc3)C2)c1. The first-order valence-electron chi connectivity index (χ1n) is 7.70. The fraction of sp³-hybridized carbons (Fsp3) is 0.368. The van der Waals surface area contributed by atoms with Crippen LogP contribution in [0.25, 0.3) is 0 Å². The van der Waals surface area contributed by atoms with Crippen molar-refractivity contribution in [3.05, 3.63) is 71.3 Å². The molecule has 0 saturated heterocycles. The van der Waals surface area contributed by atoms with Crippen molar-refractivity contribution in [2.45, 2.75) is 38.0 Å². The molecule has 0 radical (unpaired) electrons. The summed E-state index contributed by atoms with van der Waals surface area (Å²) in [5, 5.41) is 3.66. The van der Waals surface area contributed by atoms with Gasteiger partial charge in [-0.05, 0) is 35.4 Å². The van der Waals surface area contributed by atoms with Crippen LogP contribution in [0.2, 0.25) is 0 Å². The average molecular weight is 281 g/mol. The van der Waals surface area contributed by atoms with E-state index >= 15 is 0 Å². The lowest BCUT2D eigenvalue weighted by Crippen LogP contribution is -2.39. The topological polar surface area (TPSA) is 21.3 Å². The van der Waals surface area contributed by atoms with E-state index in [0.29, 0.717) is 12.6 Å². The zero-order valence-electron chi connectivity index (χ0n) is 12.6.